The van der Waals surface area contributed by atoms with Gasteiger partial charge in [-0.2, -0.15) is 0 Å². The van der Waals surface area contributed by atoms with Crippen molar-refractivity contribution in [3.05, 3.63) is 371 Å². The molecule has 13 nitrogen and oxygen atoms in total. The van der Waals surface area contributed by atoms with Crippen molar-refractivity contribution in [2.24, 2.45) is 0 Å². The minimum absolute atomic E-state index is 0. The SMILES string of the molecule is C.C.C.CC(C(=O)O)c1ccc(-c2ccccc2)c(F)c1.CC(C(=O)[O-])c1ccc(-c2ccccc2)c(F)c1.COC(=O)[C@@H](C)c1ccc(-c2ccccc2)c(F)c1.C[C@@H](NCl)c1ccccc1.C[C@@H]([NH3+])c1ccccc1.C[C@H](C(=O)O)c1ccc(-c2ccccc2)c(F)c1.C[C@H](C(=O)[O-])c1ccc(-c2ccccc2)c(F)c1.Cl.O.[H-].[Na+].[Na+]. The third-order valence-corrected chi connectivity index (χ3v) is 18.1. The van der Waals surface area contributed by atoms with Crippen LogP contribution in [0.25, 0.3) is 55.6 Å². The van der Waals surface area contributed by atoms with Crippen LogP contribution in [0.5, 0.6) is 0 Å². The topological polar surface area (TPSA) is 252 Å². The second-order valence-electron chi connectivity index (χ2n) is 25.5. The van der Waals surface area contributed by atoms with Gasteiger partial charge in [-0.1, -0.05) is 309 Å². The summed E-state index contributed by atoms with van der Waals surface area (Å²) in [6, 6.07) is 89.8. The normalized spacial score (nSPS) is 11.5. The van der Waals surface area contributed by atoms with E-state index in [1.54, 1.807) is 106 Å². The molecule has 12 aromatic rings. The molecule has 22 heteroatoms. The average molecular weight is 1660 g/mol. The molecule has 117 heavy (non-hydrogen) atoms. The summed E-state index contributed by atoms with van der Waals surface area (Å²) >= 11 is 5.44. The number of hydrogen-bond donors (Lipinski definition) is 4. The quantitative estimate of drug-likeness (QED) is 0.0272. The van der Waals surface area contributed by atoms with Crippen LogP contribution in [0.4, 0.5) is 22.0 Å². The summed E-state index contributed by atoms with van der Waals surface area (Å²) < 4.78 is 74.6. The van der Waals surface area contributed by atoms with Crippen molar-refractivity contribution >= 4 is 54.0 Å². The predicted molar refractivity (Wildman–Crippen MR) is 452 cm³/mol. The van der Waals surface area contributed by atoms with Crippen LogP contribution in [-0.4, -0.2) is 52.6 Å². The number of quaternary nitrogens is 1. The summed E-state index contributed by atoms with van der Waals surface area (Å²) in [7, 11) is 1.33. The summed E-state index contributed by atoms with van der Waals surface area (Å²) in [4.78, 5) is 57.2. The monoisotopic (exact) mass is 1660 g/mol. The first-order chi connectivity index (χ1) is 52.6. The van der Waals surface area contributed by atoms with Crippen LogP contribution in [0.2, 0.25) is 0 Å². The van der Waals surface area contributed by atoms with Crippen LogP contribution in [-0.2, 0) is 28.7 Å². The molecule has 8 N–H and O–H groups in total. The Labute approximate surface area is 742 Å². The third-order valence-electron chi connectivity index (χ3n) is 17.7. The molecule has 0 saturated heterocycles. The number of carboxylic acids is 4. The van der Waals surface area contributed by atoms with E-state index in [-0.39, 0.29) is 119 Å². The average Bonchev–Trinajstić information content (AvgIpc) is 0.851. The zero-order valence-electron chi connectivity index (χ0n) is 66.0. The number of carbonyl (C=O) groups is 5. The Morgan fingerprint density at radius 2 is 0.547 bits per heavy atom. The van der Waals surface area contributed by atoms with Gasteiger partial charge in [0.05, 0.1) is 24.9 Å². The maximum Gasteiger partial charge on any atom is 1.00 e. The molecule has 0 aromatic heterocycles. The standard InChI is InChI=1S/C16H15FO2.4C15H13FO2.C8H10ClN.C8H11N.3CH4.ClH.2Na.H2O.H/c1-11(16(18)19-2)13-8-9-14(15(17)10-13)12-6-4-3-5-7-12;4*1-10(15(17)18)12-7-8-13(14(16)9-12)11-5-3-2-4-6-11;1-7(10-9)8-5-3-2-4-6-8;1-7(9)8-5-3-2-4-6-8;;;;;;;;/h3-11H,1-2H3;4*2-10H,1H3,(H,17,18);2-7,10H,1H3;2-7H,9H2,1H3;3*1H4;1H;;;1H2;/q;;;;;;;;;;;2*+1;;-1/p-1/t11-;2*10-;;;2*7-;;;;;;;;/m000..11......../s1. The Kier molecular flexibility index (Phi) is 52.7. The van der Waals surface area contributed by atoms with E-state index in [1.807, 2.05) is 183 Å². The molecule has 610 valence electrons. The van der Waals surface area contributed by atoms with Crippen molar-refractivity contribution in [3.63, 3.8) is 0 Å². The van der Waals surface area contributed by atoms with Crippen LogP contribution in [0.15, 0.2) is 303 Å². The minimum Gasteiger partial charge on any atom is -1.00 e. The van der Waals surface area contributed by atoms with Crippen molar-refractivity contribution < 1.29 is 143 Å². The number of carbonyl (C=O) groups excluding carboxylic acids is 3. The molecular formula is C95H103Cl2F5N2Na2O11. The van der Waals surface area contributed by atoms with Crippen molar-refractivity contribution in [1.82, 2.24) is 4.84 Å². The van der Waals surface area contributed by atoms with Crippen LogP contribution in [0, 0.1) is 29.1 Å². The third kappa shape index (κ3) is 34.3. The molecule has 12 rings (SSSR count). The van der Waals surface area contributed by atoms with Crippen molar-refractivity contribution in [2.75, 3.05) is 7.11 Å². The van der Waals surface area contributed by atoms with Gasteiger partial charge in [-0.05, 0) is 138 Å². The molecule has 7 atom stereocenters. The second-order valence-corrected chi connectivity index (χ2v) is 25.7. The molecule has 0 aliphatic rings. The number of benzene rings is 12. The maximum atomic E-state index is 14.1. The molecule has 0 bridgehead atoms. The second kappa shape index (κ2) is 56.4. The fraction of sp³-hybridized carbons (Fsp3) is 0.189. The van der Waals surface area contributed by atoms with Gasteiger partial charge >= 0.3 is 77.0 Å². The molecule has 0 amide bonds. The molecule has 0 heterocycles. The Bertz CT molecular complexity index is 4490. The van der Waals surface area contributed by atoms with E-state index in [1.165, 1.54) is 62.4 Å². The number of hydrogen-bond acceptors (Lipinski definition) is 9. The number of rotatable bonds is 18. The number of esters is 1. The first kappa shape index (κ1) is 109. The molecule has 0 fully saturated rings. The van der Waals surface area contributed by atoms with E-state index in [2.05, 4.69) is 34.4 Å². The van der Waals surface area contributed by atoms with Crippen LogP contribution < -0.4 is 79.9 Å². The van der Waals surface area contributed by atoms with E-state index in [4.69, 9.17) is 22.0 Å². The van der Waals surface area contributed by atoms with E-state index < -0.39 is 76.7 Å². The molecule has 0 spiro atoms. The summed E-state index contributed by atoms with van der Waals surface area (Å²) in [6.07, 6.45) is 0. The predicted octanol–water partition coefficient (Wildman–Crippen LogP) is 14.9. The van der Waals surface area contributed by atoms with Gasteiger partial charge in [0.15, 0.2) is 0 Å². The largest absolute Gasteiger partial charge is 1.00 e. The van der Waals surface area contributed by atoms with Gasteiger partial charge in [0.25, 0.3) is 0 Å². The van der Waals surface area contributed by atoms with Gasteiger partial charge in [0.1, 0.15) is 35.1 Å². The van der Waals surface area contributed by atoms with E-state index >= 15 is 0 Å². The number of nitrogens with one attached hydrogen (secondary N) is 1. The smallest absolute Gasteiger partial charge is 1.00 e. The van der Waals surface area contributed by atoms with Gasteiger partial charge in [0, 0.05) is 63.2 Å². The van der Waals surface area contributed by atoms with Crippen molar-refractivity contribution in [3.8, 4) is 55.6 Å². The van der Waals surface area contributed by atoms with Gasteiger partial charge in [-0.25, -0.2) is 26.8 Å². The minimum atomic E-state index is -1.21. The molecule has 0 saturated carbocycles. The fourth-order valence-electron chi connectivity index (χ4n) is 10.7. The summed E-state index contributed by atoms with van der Waals surface area (Å²) in [5.41, 5.74) is 15.1. The number of halogens is 7. The molecule has 2 unspecified atom stereocenters. The molecule has 12 aromatic carbocycles. The van der Waals surface area contributed by atoms with Crippen molar-refractivity contribution in [2.45, 2.75) is 112 Å². The Morgan fingerprint density at radius 3 is 0.718 bits per heavy atom. The zero-order chi connectivity index (χ0) is 80.4. The summed E-state index contributed by atoms with van der Waals surface area (Å²) in [5, 5.41) is 39.2. The van der Waals surface area contributed by atoms with Gasteiger partial charge in [-0.15, -0.1) is 12.4 Å². The Hall–Kier alpha value is -9.90. The van der Waals surface area contributed by atoms with Crippen LogP contribution in [0.3, 0.4) is 0 Å². The maximum absolute atomic E-state index is 14.1. The number of carboxylic acid groups (broad SMARTS) is 4. The Balaban J connectivity index is -0.00000131. The molecule has 0 aliphatic heterocycles. The first-order valence-electron chi connectivity index (χ1n) is 35.1. The molecular weight excluding hydrogens is 1560 g/mol. The zero-order valence-corrected chi connectivity index (χ0v) is 70.5. The van der Waals surface area contributed by atoms with E-state index in [0.29, 0.717) is 61.7 Å². The van der Waals surface area contributed by atoms with E-state index in [9.17, 15) is 56.1 Å². The molecule has 0 aliphatic carbocycles. The van der Waals surface area contributed by atoms with Gasteiger partial charge in [-0.3, -0.25) is 14.4 Å². The van der Waals surface area contributed by atoms with Crippen molar-refractivity contribution in [1.29, 1.82) is 0 Å². The fourth-order valence-corrected chi connectivity index (χ4v) is 10.8. The first-order valence-corrected chi connectivity index (χ1v) is 35.5. The summed E-state index contributed by atoms with van der Waals surface area (Å²) in [6.45, 7) is 11.8. The van der Waals surface area contributed by atoms with Crippen LogP contribution in [0.1, 0.15) is 153 Å². The van der Waals surface area contributed by atoms with Crippen LogP contribution >= 0.6 is 24.2 Å². The van der Waals surface area contributed by atoms with Gasteiger partial charge < -0.3 is 47.4 Å². The number of aliphatic carboxylic acids is 4. The number of methoxy groups -OCH3 is 1. The number of ether oxygens (including phenoxy) is 1. The Morgan fingerprint density at radius 1 is 0.350 bits per heavy atom. The summed E-state index contributed by atoms with van der Waals surface area (Å²) in [5.74, 6) is -10.2. The van der Waals surface area contributed by atoms with Gasteiger partial charge in [0.2, 0.25) is 0 Å². The van der Waals surface area contributed by atoms with E-state index in [0.717, 1.165) is 27.8 Å². The molecule has 0 radical (unpaired) electrons.